The van der Waals surface area contributed by atoms with E-state index in [0.29, 0.717) is 19.0 Å². The highest BCUT2D eigenvalue weighted by atomic mass is 35.5. The van der Waals surface area contributed by atoms with E-state index in [0.717, 1.165) is 39.0 Å². The lowest BCUT2D eigenvalue weighted by atomic mass is 10.1. The molecule has 0 aromatic heterocycles. The van der Waals surface area contributed by atoms with Crippen molar-refractivity contribution in [3.8, 4) is 0 Å². The van der Waals surface area contributed by atoms with Crippen LogP contribution >= 0.6 is 12.4 Å². The number of benzene rings is 1. The predicted molar refractivity (Wildman–Crippen MR) is 95.9 cm³/mol. The second-order valence-corrected chi connectivity index (χ2v) is 6.00. The molecular formula is C18H29ClN2O2. The summed E-state index contributed by atoms with van der Waals surface area (Å²) >= 11 is 0. The number of rotatable bonds is 9. The molecule has 0 bridgehead atoms. The number of nitrogens with zero attached hydrogens (tertiary/aromatic N) is 1. The van der Waals surface area contributed by atoms with Crippen LogP contribution in [0.1, 0.15) is 37.7 Å². The minimum absolute atomic E-state index is 0. The van der Waals surface area contributed by atoms with Crippen molar-refractivity contribution < 1.29 is 9.53 Å². The van der Waals surface area contributed by atoms with Crippen molar-refractivity contribution in [1.82, 2.24) is 10.2 Å². The van der Waals surface area contributed by atoms with E-state index < -0.39 is 0 Å². The number of methoxy groups -OCH3 is 1. The normalized spacial score (nSPS) is 16.8. The molecule has 1 aromatic rings. The molecule has 1 heterocycles. The van der Waals surface area contributed by atoms with E-state index in [1.807, 2.05) is 23.1 Å². The van der Waals surface area contributed by atoms with Crippen molar-refractivity contribution in [2.75, 3.05) is 26.8 Å². The summed E-state index contributed by atoms with van der Waals surface area (Å²) in [5.41, 5.74) is 1.20. The topological polar surface area (TPSA) is 41.6 Å². The number of halogens is 1. The van der Waals surface area contributed by atoms with E-state index in [2.05, 4.69) is 17.4 Å². The average molecular weight is 341 g/mol. The maximum Gasteiger partial charge on any atom is 0.224 e. The monoisotopic (exact) mass is 340 g/mol. The molecule has 5 heteroatoms. The third kappa shape index (κ3) is 7.34. The van der Waals surface area contributed by atoms with Crippen LogP contribution in [-0.2, 0) is 16.1 Å². The van der Waals surface area contributed by atoms with Crippen LogP contribution in [0.4, 0.5) is 0 Å². The molecule has 1 unspecified atom stereocenters. The number of hydrogen-bond donors (Lipinski definition) is 1. The standard InChI is InChI=1S/C18H28N2O2.ClH/c1-22-13-6-5-12-20(15-16-8-3-2-4-9-16)18(21)14-17-10-7-11-19-17;/h2-4,8-9,17,19H,5-7,10-15H2,1H3;1H. The predicted octanol–water partition coefficient (Wildman–Crippen LogP) is 3.01. The Kier molecular flexibility index (Phi) is 9.92. The molecule has 0 radical (unpaired) electrons. The van der Waals surface area contributed by atoms with Crippen molar-refractivity contribution >= 4 is 18.3 Å². The fourth-order valence-electron chi connectivity index (χ4n) is 2.92. The second kappa shape index (κ2) is 11.4. The number of nitrogens with one attached hydrogen (secondary N) is 1. The number of unbranched alkanes of at least 4 members (excludes halogenated alkanes) is 1. The molecule has 0 aliphatic carbocycles. The van der Waals surface area contributed by atoms with Crippen LogP contribution in [-0.4, -0.2) is 43.7 Å². The highest BCUT2D eigenvalue weighted by Crippen LogP contribution is 2.13. The van der Waals surface area contributed by atoms with Crippen LogP contribution in [0.3, 0.4) is 0 Å². The fourth-order valence-corrected chi connectivity index (χ4v) is 2.92. The molecule has 1 saturated heterocycles. The van der Waals surface area contributed by atoms with Gasteiger partial charge in [0.25, 0.3) is 0 Å². The Morgan fingerprint density at radius 2 is 2.09 bits per heavy atom. The summed E-state index contributed by atoms with van der Waals surface area (Å²) < 4.78 is 5.10. The molecule has 1 N–H and O–H groups in total. The van der Waals surface area contributed by atoms with Gasteiger partial charge in [-0.15, -0.1) is 12.4 Å². The first kappa shape index (κ1) is 19.9. The van der Waals surface area contributed by atoms with Gasteiger partial charge in [0, 0.05) is 39.3 Å². The highest BCUT2D eigenvalue weighted by Gasteiger charge is 2.21. The molecular weight excluding hydrogens is 312 g/mol. The van der Waals surface area contributed by atoms with Gasteiger partial charge >= 0.3 is 0 Å². The molecule has 1 atom stereocenters. The Morgan fingerprint density at radius 1 is 1.30 bits per heavy atom. The van der Waals surface area contributed by atoms with Gasteiger partial charge in [-0.25, -0.2) is 0 Å². The summed E-state index contributed by atoms with van der Waals surface area (Å²) in [6.45, 7) is 3.32. The summed E-state index contributed by atoms with van der Waals surface area (Å²) in [4.78, 5) is 14.6. The van der Waals surface area contributed by atoms with Gasteiger partial charge in [0.2, 0.25) is 5.91 Å². The zero-order chi connectivity index (χ0) is 15.6. The lowest BCUT2D eigenvalue weighted by Crippen LogP contribution is -2.36. The molecule has 1 amide bonds. The van der Waals surface area contributed by atoms with Crippen molar-refractivity contribution in [3.05, 3.63) is 35.9 Å². The molecule has 0 saturated carbocycles. The van der Waals surface area contributed by atoms with Crippen LogP contribution < -0.4 is 5.32 Å². The van der Waals surface area contributed by atoms with Crippen molar-refractivity contribution in [2.45, 2.75) is 44.7 Å². The van der Waals surface area contributed by atoms with Gasteiger partial charge in [0.1, 0.15) is 0 Å². The lowest BCUT2D eigenvalue weighted by Gasteiger charge is -2.24. The number of carbonyl (C=O) groups is 1. The minimum atomic E-state index is 0. The van der Waals surface area contributed by atoms with Gasteiger partial charge in [-0.3, -0.25) is 4.79 Å². The lowest BCUT2D eigenvalue weighted by molar-refractivity contribution is -0.132. The van der Waals surface area contributed by atoms with Crippen molar-refractivity contribution in [3.63, 3.8) is 0 Å². The first-order chi connectivity index (χ1) is 10.8. The number of amides is 1. The highest BCUT2D eigenvalue weighted by molar-refractivity contribution is 5.85. The molecule has 1 aliphatic heterocycles. The number of ether oxygens (including phenoxy) is 1. The van der Waals surface area contributed by atoms with Crippen LogP contribution in [0, 0.1) is 0 Å². The van der Waals surface area contributed by atoms with Crippen molar-refractivity contribution in [2.24, 2.45) is 0 Å². The van der Waals surface area contributed by atoms with E-state index in [-0.39, 0.29) is 18.3 Å². The maximum absolute atomic E-state index is 12.6. The van der Waals surface area contributed by atoms with E-state index >= 15 is 0 Å². The smallest absolute Gasteiger partial charge is 0.224 e. The zero-order valence-electron chi connectivity index (χ0n) is 14.0. The average Bonchev–Trinajstić information content (AvgIpc) is 3.04. The molecule has 23 heavy (non-hydrogen) atoms. The van der Waals surface area contributed by atoms with Gasteiger partial charge in [0.15, 0.2) is 0 Å². The molecule has 130 valence electrons. The Morgan fingerprint density at radius 3 is 2.74 bits per heavy atom. The Bertz CT molecular complexity index is 436. The molecule has 1 aliphatic rings. The van der Waals surface area contributed by atoms with Gasteiger partial charge in [-0.2, -0.15) is 0 Å². The van der Waals surface area contributed by atoms with Crippen LogP contribution in [0.25, 0.3) is 0 Å². The summed E-state index contributed by atoms with van der Waals surface area (Å²) in [5, 5.41) is 3.42. The summed E-state index contributed by atoms with van der Waals surface area (Å²) in [7, 11) is 1.72. The van der Waals surface area contributed by atoms with E-state index in [9.17, 15) is 4.79 Å². The zero-order valence-corrected chi connectivity index (χ0v) is 14.8. The first-order valence-corrected chi connectivity index (χ1v) is 8.33. The Balaban J connectivity index is 0.00000264. The fraction of sp³-hybridized carbons (Fsp3) is 0.611. The van der Waals surface area contributed by atoms with E-state index in [4.69, 9.17) is 4.74 Å². The molecule has 4 nitrogen and oxygen atoms in total. The molecule has 1 aromatic carbocycles. The number of hydrogen-bond acceptors (Lipinski definition) is 3. The second-order valence-electron chi connectivity index (χ2n) is 6.00. The largest absolute Gasteiger partial charge is 0.385 e. The summed E-state index contributed by atoms with van der Waals surface area (Å²) in [6, 6.07) is 10.6. The Labute approximate surface area is 146 Å². The van der Waals surface area contributed by atoms with Crippen LogP contribution in [0.15, 0.2) is 30.3 Å². The first-order valence-electron chi connectivity index (χ1n) is 8.33. The Hall–Kier alpha value is -1.10. The van der Waals surface area contributed by atoms with Gasteiger partial charge in [-0.05, 0) is 37.8 Å². The molecule has 2 rings (SSSR count). The van der Waals surface area contributed by atoms with Crippen molar-refractivity contribution in [1.29, 1.82) is 0 Å². The van der Waals surface area contributed by atoms with Gasteiger partial charge in [-0.1, -0.05) is 30.3 Å². The van der Waals surface area contributed by atoms with Gasteiger partial charge < -0.3 is 15.0 Å². The third-order valence-corrected chi connectivity index (χ3v) is 4.18. The number of carbonyl (C=O) groups excluding carboxylic acids is 1. The molecule has 0 spiro atoms. The minimum Gasteiger partial charge on any atom is -0.385 e. The SMILES string of the molecule is COCCCCN(Cc1ccccc1)C(=O)CC1CCCN1.Cl. The van der Waals surface area contributed by atoms with Crippen LogP contribution in [0.2, 0.25) is 0 Å². The molecule has 1 fully saturated rings. The maximum atomic E-state index is 12.6. The quantitative estimate of drug-likeness (QED) is 0.703. The summed E-state index contributed by atoms with van der Waals surface area (Å²) in [5.74, 6) is 0.265. The van der Waals surface area contributed by atoms with Gasteiger partial charge in [0.05, 0.1) is 0 Å². The van der Waals surface area contributed by atoms with Crippen LogP contribution in [0.5, 0.6) is 0 Å². The third-order valence-electron chi connectivity index (χ3n) is 4.18. The van der Waals surface area contributed by atoms with E-state index in [1.54, 1.807) is 7.11 Å². The van der Waals surface area contributed by atoms with E-state index in [1.165, 1.54) is 12.0 Å². The summed E-state index contributed by atoms with van der Waals surface area (Å²) in [6.07, 6.45) is 4.91.